The molecule has 1 nitrogen and oxygen atoms in total. The lowest BCUT2D eigenvalue weighted by Crippen LogP contribution is -2.39. The molecule has 0 aliphatic heterocycles. The van der Waals surface area contributed by atoms with Gasteiger partial charge in [0.2, 0.25) is 0 Å². The van der Waals surface area contributed by atoms with Crippen molar-refractivity contribution in [2.24, 2.45) is 0 Å². The summed E-state index contributed by atoms with van der Waals surface area (Å²) in [4.78, 5) is 0. The Morgan fingerprint density at radius 1 is 1.36 bits per heavy atom. The summed E-state index contributed by atoms with van der Waals surface area (Å²) >= 11 is 7.50. The molecule has 1 rings (SSSR count). The Labute approximate surface area is 96.7 Å². The Balaban J connectivity index is 2.28. The Kier molecular flexibility index (Phi) is 5.99. The van der Waals surface area contributed by atoms with Crippen molar-refractivity contribution in [3.63, 3.8) is 0 Å². The van der Waals surface area contributed by atoms with Gasteiger partial charge in [-0.15, -0.1) is 0 Å². The number of nitrogens with one attached hydrogen (secondary N) is 1. The maximum atomic E-state index is 5.47. The molecule has 0 aromatic heterocycles. The van der Waals surface area contributed by atoms with Crippen LogP contribution >= 0.6 is 23.4 Å². The molecule has 0 spiro atoms. The Morgan fingerprint density at radius 2 is 2.07 bits per heavy atom. The van der Waals surface area contributed by atoms with Crippen LogP contribution in [0.4, 0.5) is 0 Å². The molecule has 0 bridgehead atoms. The van der Waals surface area contributed by atoms with Crippen LogP contribution in [0.1, 0.15) is 32.1 Å². The molecule has 0 atom stereocenters. The van der Waals surface area contributed by atoms with E-state index in [9.17, 15) is 0 Å². The topological polar surface area (TPSA) is 12.0 Å². The van der Waals surface area contributed by atoms with E-state index in [0.29, 0.717) is 4.75 Å². The molecule has 1 aliphatic rings. The number of thioether (sulfide) groups is 1. The van der Waals surface area contributed by atoms with Gasteiger partial charge in [0.1, 0.15) is 0 Å². The van der Waals surface area contributed by atoms with E-state index in [-0.39, 0.29) is 0 Å². The molecule has 0 heterocycles. The number of hydrogen-bond donors (Lipinski definition) is 1. The lowest BCUT2D eigenvalue weighted by atomic mass is 9.88. The van der Waals surface area contributed by atoms with Crippen molar-refractivity contribution in [1.82, 2.24) is 5.32 Å². The Morgan fingerprint density at radius 3 is 2.64 bits per heavy atom. The summed E-state index contributed by atoms with van der Waals surface area (Å²) < 4.78 is 0.498. The summed E-state index contributed by atoms with van der Waals surface area (Å²) in [5.41, 5.74) is 1.58. The van der Waals surface area contributed by atoms with Gasteiger partial charge in [0.25, 0.3) is 0 Å². The molecule has 1 aliphatic carbocycles. The van der Waals surface area contributed by atoms with Gasteiger partial charge in [-0.25, -0.2) is 0 Å². The third kappa shape index (κ3) is 3.84. The van der Waals surface area contributed by atoms with Crippen LogP contribution < -0.4 is 5.32 Å². The lowest BCUT2D eigenvalue weighted by Gasteiger charge is -2.35. The van der Waals surface area contributed by atoms with Gasteiger partial charge in [-0.1, -0.05) is 36.9 Å². The van der Waals surface area contributed by atoms with Gasteiger partial charge in [0, 0.05) is 23.4 Å². The van der Waals surface area contributed by atoms with E-state index in [4.69, 9.17) is 11.6 Å². The zero-order valence-electron chi connectivity index (χ0n) is 8.89. The fourth-order valence-corrected chi connectivity index (χ4v) is 3.11. The van der Waals surface area contributed by atoms with E-state index >= 15 is 0 Å². The molecule has 0 radical (unpaired) electrons. The van der Waals surface area contributed by atoms with Crippen LogP contribution in [-0.2, 0) is 0 Å². The number of rotatable bonds is 5. The van der Waals surface area contributed by atoms with Crippen LogP contribution in [0.5, 0.6) is 0 Å². The van der Waals surface area contributed by atoms with Crippen LogP contribution in [-0.4, -0.2) is 24.1 Å². The highest BCUT2D eigenvalue weighted by molar-refractivity contribution is 8.00. The first-order valence-electron chi connectivity index (χ1n) is 5.34. The number of halogens is 1. The molecule has 3 heteroatoms. The Hall–Kier alpha value is 0.340. The second-order valence-corrected chi connectivity index (χ2v) is 5.47. The molecule has 0 aromatic carbocycles. The lowest BCUT2D eigenvalue weighted by molar-refractivity contribution is 0.384. The molecule has 14 heavy (non-hydrogen) atoms. The molecule has 1 fully saturated rings. The van der Waals surface area contributed by atoms with Gasteiger partial charge >= 0.3 is 0 Å². The fourth-order valence-electron chi connectivity index (χ4n) is 2.08. The molecule has 1 saturated carbocycles. The highest BCUT2D eigenvalue weighted by Crippen LogP contribution is 2.37. The van der Waals surface area contributed by atoms with Crippen LogP contribution in [0.25, 0.3) is 0 Å². The molecule has 0 aromatic rings. The molecule has 0 unspecified atom stereocenters. The van der Waals surface area contributed by atoms with Gasteiger partial charge in [0.15, 0.2) is 0 Å². The quantitative estimate of drug-likeness (QED) is 0.731. The first kappa shape index (κ1) is 12.4. The molecular weight excluding hydrogens is 214 g/mol. The van der Waals surface area contributed by atoms with Crippen molar-refractivity contribution in [1.29, 1.82) is 0 Å². The Bertz CT molecular complexity index is 176. The van der Waals surface area contributed by atoms with Crippen molar-refractivity contribution < 1.29 is 0 Å². The maximum absolute atomic E-state index is 5.47. The minimum Gasteiger partial charge on any atom is -0.312 e. The SMILES string of the molecule is CSC1(CNC/C=C/Cl)CCCCC1. The first-order valence-corrected chi connectivity index (χ1v) is 7.00. The minimum atomic E-state index is 0.498. The average molecular weight is 234 g/mol. The van der Waals surface area contributed by atoms with Gasteiger partial charge in [0.05, 0.1) is 0 Å². The summed E-state index contributed by atoms with van der Waals surface area (Å²) in [6, 6.07) is 0. The minimum absolute atomic E-state index is 0.498. The maximum Gasteiger partial charge on any atom is 0.0281 e. The number of hydrogen-bond acceptors (Lipinski definition) is 2. The van der Waals surface area contributed by atoms with Gasteiger partial charge in [-0.2, -0.15) is 11.8 Å². The summed E-state index contributed by atoms with van der Waals surface area (Å²) in [6.07, 6.45) is 11.1. The van der Waals surface area contributed by atoms with Crippen LogP contribution in [0.15, 0.2) is 11.6 Å². The van der Waals surface area contributed by atoms with E-state index in [1.165, 1.54) is 32.1 Å². The molecule has 1 N–H and O–H groups in total. The zero-order valence-corrected chi connectivity index (χ0v) is 10.5. The van der Waals surface area contributed by atoms with E-state index in [1.54, 1.807) is 5.54 Å². The average Bonchev–Trinajstić information content (AvgIpc) is 2.26. The van der Waals surface area contributed by atoms with Gasteiger partial charge < -0.3 is 5.32 Å². The van der Waals surface area contributed by atoms with Crippen molar-refractivity contribution in [3.05, 3.63) is 11.6 Å². The van der Waals surface area contributed by atoms with Crippen LogP contribution in [0.2, 0.25) is 0 Å². The normalized spacial score (nSPS) is 21.6. The predicted molar refractivity (Wildman–Crippen MR) is 67.2 cm³/mol. The van der Waals surface area contributed by atoms with E-state index < -0.39 is 0 Å². The predicted octanol–water partition coefficient (Wildman–Crippen LogP) is 3.39. The van der Waals surface area contributed by atoms with E-state index in [2.05, 4.69) is 11.6 Å². The highest BCUT2D eigenvalue weighted by atomic mass is 35.5. The summed E-state index contributed by atoms with van der Waals surface area (Å²) in [5, 5.41) is 3.46. The van der Waals surface area contributed by atoms with Crippen molar-refractivity contribution in [3.8, 4) is 0 Å². The van der Waals surface area contributed by atoms with Crippen molar-refractivity contribution in [2.75, 3.05) is 19.3 Å². The second-order valence-electron chi connectivity index (χ2n) is 3.94. The molecule has 0 amide bonds. The van der Waals surface area contributed by atoms with E-state index in [1.807, 2.05) is 17.8 Å². The van der Waals surface area contributed by atoms with Gasteiger partial charge in [-0.3, -0.25) is 0 Å². The zero-order chi connectivity index (χ0) is 10.3. The van der Waals surface area contributed by atoms with Crippen LogP contribution in [0.3, 0.4) is 0 Å². The van der Waals surface area contributed by atoms with Crippen molar-refractivity contribution >= 4 is 23.4 Å². The summed E-state index contributed by atoms with van der Waals surface area (Å²) in [7, 11) is 0. The largest absolute Gasteiger partial charge is 0.312 e. The monoisotopic (exact) mass is 233 g/mol. The van der Waals surface area contributed by atoms with Crippen LogP contribution in [0, 0.1) is 0 Å². The smallest absolute Gasteiger partial charge is 0.0281 e. The van der Waals surface area contributed by atoms with Gasteiger partial charge in [-0.05, 0) is 19.1 Å². The molecule has 82 valence electrons. The van der Waals surface area contributed by atoms with Crippen molar-refractivity contribution in [2.45, 2.75) is 36.9 Å². The first-order chi connectivity index (χ1) is 6.83. The van der Waals surface area contributed by atoms with E-state index in [0.717, 1.165) is 13.1 Å². The molecular formula is C11H20ClNS. The summed E-state index contributed by atoms with van der Waals surface area (Å²) in [6.45, 7) is 2.02. The summed E-state index contributed by atoms with van der Waals surface area (Å²) in [5.74, 6) is 0. The fraction of sp³-hybridized carbons (Fsp3) is 0.818. The highest BCUT2D eigenvalue weighted by Gasteiger charge is 2.30. The standard InChI is InChI=1S/C11H20ClNS/c1-14-11(6-3-2-4-7-11)10-13-9-5-8-12/h5,8,13H,2-4,6-7,9-10H2,1H3/b8-5+. The third-order valence-electron chi connectivity index (χ3n) is 3.00. The third-order valence-corrected chi connectivity index (χ3v) is 4.59. The molecule has 0 saturated heterocycles. The second kappa shape index (κ2) is 6.76.